The number of rotatable bonds is 0. The highest BCUT2D eigenvalue weighted by molar-refractivity contribution is 5.79. The van der Waals surface area contributed by atoms with Gasteiger partial charge in [-0.2, -0.15) is 0 Å². The van der Waals surface area contributed by atoms with Crippen molar-refractivity contribution >= 4 is 5.91 Å². The van der Waals surface area contributed by atoms with Gasteiger partial charge in [0.15, 0.2) is 0 Å². The lowest BCUT2D eigenvalue weighted by atomic mass is 9.96. The molecule has 0 aromatic rings. The van der Waals surface area contributed by atoms with Gasteiger partial charge in [0.25, 0.3) is 0 Å². The minimum atomic E-state index is -0.361. The minimum absolute atomic E-state index is 0.257. The van der Waals surface area contributed by atoms with Gasteiger partial charge in [-0.15, -0.1) is 0 Å². The molecule has 0 unspecified atom stereocenters. The molecule has 1 rings (SSSR count). The maximum atomic E-state index is 10.2. The van der Waals surface area contributed by atoms with Crippen molar-refractivity contribution in [1.82, 2.24) is 10.6 Å². The lowest BCUT2D eigenvalue weighted by Crippen LogP contribution is -2.39. The number of nitrogens with one attached hydrogen (secondary N) is 2. The van der Waals surface area contributed by atoms with Gasteiger partial charge in [-0.3, -0.25) is 4.79 Å². The largest absolute Gasteiger partial charge is 0.369 e. The Balaban J connectivity index is 0.000000223. The molecule has 0 bridgehead atoms. The summed E-state index contributed by atoms with van der Waals surface area (Å²) in [5.74, 6) is -0.257. The maximum absolute atomic E-state index is 10.2. The van der Waals surface area contributed by atoms with Crippen LogP contribution in [-0.2, 0) is 4.79 Å². The number of hydrogen-bond donors (Lipinski definition) is 3. The Labute approximate surface area is 80.3 Å². The van der Waals surface area contributed by atoms with Crippen LogP contribution in [0.3, 0.4) is 0 Å². The smallest absolute Gasteiger partial charge is 0.222 e. The van der Waals surface area contributed by atoms with Crippen molar-refractivity contribution in [3.05, 3.63) is 0 Å². The molecular weight excluding hydrogens is 166 g/mol. The molecule has 4 N–H and O–H groups in total. The van der Waals surface area contributed by atoms with Crippen LogP contribution in [-0.4, -0.2) is 32.1 Å². The van der Waals surface area contributed by atoms with E-state index in [1.165, 1.54) is 0 Å². The minimum Gasteiger partial charge on any atom is -0.369 e. The molecule has 1 amide bonds. The van der Waals surface area contributed by atoms with E-state index in [1.807, 2.05) is 0 Å². The third-order valence-electron chi connectivity index (χ3n) is 1.70. The van der Waals surface area contributed by atoms with Crippen molar-refractivity contribution in [2.45, 2.75) is 20.8 Å². The summed E-state index contributed by atoms with van der Waals surface area (Å²) in [6.45, 7) is 9.92. The molecule has 0 aromatic heterocycles. The summed E-state index contributed by atoms with van der Waals surface area (Å²) in [7, 11) is 0. The van der Waals surface area contributed by atoms with E-state index in [1.54, 1.807) is 20.8 Å². The first kappa shape index (κ1) is 12.4. The van der Waals surface area contributed by atoms with E-state index in [-0.39, 0.29) is 11.3 Å². The second-order valence-electron chi connectivity index (χ2n) is 4.11. The molecular formula is C9H21N3O. The quantitative estimate of drug-likeness (QED) is 0.487. The highest BCUT2D eigenvalue weighted by atomic mass is 16.1. The Bertz CT molecular complexity index is 136. The number of carbonyl (C=O) groups excluding carboxylic acids is 1. The molecule has 1 fully saturated rings. The Kier molecular flexibility index (Phi) is 5.66. The van der Waals surface area contributed by atoms with E-state index in [4.69, 9.17) is 5.73 Å². The molecule has 1 heterocycles. The van der Waals surface area contributed by atoms with Gasteiger partial charge < -0.3 is 16.4 Å². The molecule has 4 heteroatoms. The second kappa shape index (κ2) is 5.94. The molecule has 0 aliphatic carbocycles. The van der Waals surface area contributed by atoms with Gasteiger partial charge in [0.2, 0.25) is 5.91 Å². The number of primary amides is 1. The third-order valence-corrected chi connectivity index (χ3v) is 1.70. The van der Waals surface area contributed by atoms with Gasteiger partial charge in [-0.1, -0.05) is 20.8 Å². The number of hydrogen-bond acceptors (Lipinski definition) is 3. The first-order chi connectivity index (χ1) is 5.94. The van der Waals surface area contributed by atoms with Crippen molar-refractivity contribution in [3.8, 4) is 0 Å². The highest BCUT2D eigenvalue weighted by Crippen LogP contribution is 2.09. The fourth-order valence-corrected chi connectivity index (χ4v) is 0.604. The maximum Gasteiger partial charge on any atom is 0.222 e. The van der Waals surface area contributed by atoms with Crippen LogP contribution >= 0.6 is 0 Å². The summed E-state index contributed by atoms with van der Waals surface area (Å²) in [5, 5.41) is 6.44. The standard InChI is InChI=1S/C5H11NO.C4H10N2/c1-5(2,3)4(6)7;1-2-6-4-3-5-1/h1-3H3,(H2,6,7);5-6H,1-4H2. The lowest BCUT2D eigenvalue weighted by Gasteiger charge is -2.11. The number of amides is 1. The average molecular weight is 187 g/mol. The molecule has 0 radical (unpaired) electrons. The summed E-state index contributed by atoms with van der Waals surface area (Å²) >= 11 is 0. The third kappa shape index (κ3) is 7.74. The first-order valence-electron chi connectivity index (χ1n) is 4.66. The molecule has 1 aliphatic heterocycles. The Morgan fingerprint density at radius 2 is 1.31 bits per heavy atom. The van der Waals surface area contributed by atoms with E-state index < -0.39 is 0 Å². The summed E-state index contributed by atoms with van der Waals surface area (Å²) in [6.07, 6.45) is 0. The fourth-order valence-electron chi connectivity index (χ4n) is 0.604. The van der Waals surface area contributed by atoms with Crippen LogP contribution in [0.25, 0.3) is 0 Å². The van der Waals surface area contributed by atoms with Crippen molar-refractivity contribution < 1.29 is 4.79 Å². The molecule has 0 spiro atoms. The Morgan fingerprint density at radius 3 is 1.38 bits per heavy atom. The van der Waals surface area contributed by atoms with Gasteiger partial charge in [0, 0.05) is 31.6 Å². The van der Waals surface area contributed by atoms with Crippen LogP contribution in [0.2, 0.25) is 0 Å². The van der Waals surface area contributed by atoms with Crippen LogP contribution < -0.4 is 16.4 Å². The van der Waals surface area contributed by atoms with Gasteiger partial charge in [-0.25, -0.2) is 0 Å². The van der Waals surface area contributed by atoms with Gasteiger partial charge in [-0.05, 0) is 0 Å². The van der Waals surface area contributed by atoms with Crippen molar-refractivity contribution in [1.29, 1.82) is 0 Å². The van der Waals surface area contributed by atoms with E-state index in [0.29, 0.717) is 0 Å². The van der Waals surface area contributed by atoms with E-state index in [0.717, 1.165) is 26.2 Å². The first-order valence-corrected chi connectivity index (χ1v) is 4.66. The molecule has 0 saturated carbocycles. The summed E-state index contributed by atoms with van der Waals surface area (Å²) in [6, 6.07) is 0. The van der Waals surface area contributed by atoms with Crippen molar-refractivity contribution in [2.24, 2.45) is 11.1 Å². The monoisotopic (exact) mass is 187 g/mol. The summed E-state index contributed by atoms with van der Waals surface area (Å²) in [5.41, 5.74) is 4.57. The van der Waals surface area contributed by atoms with Crippen LogP contribution in [0.15, 0.2) is 0 Å². The van der Waals surface area contributed by atoms with Crippen LogP contribution in [0.4, 0.5) is 0 Å². The van der Waals surface area contributed by atoms with Crippen molar-refractivity contribution in [3.63, 3.8) is 0 Å². The Hall–Kier alpha value is -0.610. The molecule has 78 valence electrons. The van der Waals surface area contributed by atoms with Gasteiger partial charge >= 0.3 is 0 Å². The predicted molar refractivity (Wildman–Crippen MR) is 54.4 cm³/mol. The lowest BCUT2D eigenvalue weighted by molar-refractivity contribution is -0.125. The van der Waals surface area contributed by atoms with Crippen LogP contribution in [0.1, 0.15) is 20.8 Å². The zero-order chi connectivity index (χ0) is 10.3. The van der Waals surface area contributed by atoms with Gasteiger partial charge in [0.05, 0.1) is 0 Å². The molecule has 1 saturated heterocycles. The highest BCUT2D eigenvalue weighted by Gasteiger charge is 2.16. The number of piperazine rings is 1. The molecule has 0 atom stereocenters. The Morgan fingerprint density at radius 1 is 1.08 bits per heavy atom. The van der Waals surface area contributed by atoms with Gasteiger partial charge in [0.1, 0.15) is 0 Å². The fraction of sp³-hybridized carbons (Fsp3) is 0.889. The molecule has 1 aliphatic rings. The summed E-state index contributed by atoms with van der Waals surface area (Å²) < 4.78 is 0. The zero-order valence-electron chi connectivity index (χ0n) is 8.81. The number of carbonyl (C=O) groups is 1. The topological polar surface area (TPSA) is 67.2 Å². The van der Waals surface area contributed by atoms with Crippen LogP contribution in [0.5, 0.6) is 0 Å². The normalized spacial score (nSPS) is 17.2. The zero-order valence-corrected chi connectivity index (χ0v) is 8.81. The van der Waals surface area contributed by atoms with E-state index >= 15 is 0 Å². The SMILES string of the molecule is C1CNCCN1.CC(C)(C)C(N)=O. The summed E-state index contributed by atoms with van der Waals surface area (Å²) in [4.78, 5) is 10.2. The average Bonchev–Trinajstić information content (AvgIpc) is 2.07. The molecule has 13 heavy (non-hydrogen) atoms. The van der Waals surface area contributed by atoms with Crippen molar-refractivity contribution in [2.75, 3.05) is 26.2 Å². The second-order valence-corrected chi connectivity index (χ2v) is 4.11. The van der Waals surface area contributed by atoms with E-state index in [9.17, 15) is 4.79 Å². The number of nitrogens with two attached hydrogens (primary N) is 1. The molecule has 0 aromatic carbocycles. The molecule has 4 nitrogen and oxygen atoms in total. The van der Waals surface area contributed by atoms with Crippen LogP contribution in [0, 0.1) is 5.41 Å². The predicted octanol–water partition coefficient (Wildman–Crippen LogP) is -0.303. The van der Waals surface area contributed by atoms with E-state index in [2.05, 4.69) is 10.6 Å².